The van der Waals surface area contributed by atoms with Crippen molar-refractivity contribution in [1.29, 1.82) is 0 Å². The van der Waals surface area contributed by atoms with Gasteiger partial charge < -0.3 is 13.0 Å². The van der Waals surface area contributed by atoms with Crippen LogP contribution >= 0.6 is 0 Å². The van der Waals surface area contributed by atoms with Crippen LogP contribution < -0.4 is 0 Å². The predicted molar refractivity (Wildman–Crippen MR) is 110 cm³/mol. The first-order valence-corrected chi connectivity index (χ1v) is 15.9. The van der Waals surface area contributed by atoms with Crippen molar-refractivity contribution >= 4 is 17.1 Å². The molecule has 0 aliphatic carbocycles. The smallest absolute Gasteiger partial charge is 0.322 e. The lowest BCUT2D eigenvalue weighted by atomic mass is 10.1. The molecule has 0 aromatic rings. The van der Waals surface area contributed by atoms with Crippen LogP contribution in [-0.4, -0.2) is 30.3 Å². The molecule has 0 aliphatic heterocycles. The average molecular weight is 377 g/mol. The molecule has 0 amide bonds. The summed E-state index contributed by atoms with van der Waals surface area (Å²) in [7, 11) is -4.10. The highest BCUT2D eigenvalue weighted by Crippen LogP contribution is 2.18. The summed E-state index contributed by atoms with van der Waals surface area (Å²) in [6, 6.07) is 0. The highest BCUT2D eigenvalue weighted by molar-refractivity contribution is 6.78. The van der Waals surface area contributed by atoms with Crippen LogP contribution in [0.3, 0.4) is 0 Å². The second-order valence-corrected chi connectivity index (χ2v) is 14.8. The lowest BCUT2D eigenvalue weighted by molar-refractivity contribution is 0.190. The van der Waals surface area contributed by atoms with Gasteiger partial charge >= 0.3 is 17.1 Å². The van der Waals surface area contributed by atoms with Crippen molar-refractivity contribution in [2.24, 2.45) is 0 Å². The normalized spacial score (nSPS) is 12.8. The third-order valence-corrected chi connectivity index (χ3v) is 9.87. The zero-order chi connectivity index (χ0) is 18.3. The molecule has 0 N–H and O–H groups in total. The Hall–Kier alpha value is 0.314. The average Bonchev–Trinajstić information content (AvgIpc) is 2.49. The van der Waals surface area contributed by atoms with E-state index < -0.39 is 17.1 Å². The van der Waals surface area contributed by atoms with Crippen LogP contribution in [0.15, 0.2) is 0 Å². The van der Waals surface area contributed by atoms with E-state index in [0.717, 1.165) is 26.1 Å². The third-order valence-electron chi connectivity index (χ3n) is 4.14. The van der Waals surface area contributed by atoms with E-state index in [0.29, 0.717) is 0 Å². The van der Waals surface area contributed by atoms with Gasteiger partial charge in [0.05, 0.1) is 0 Å². The van der Waals surface area contributed by atoms with E-state index in [1.54, 1.807) is 0 Å². The molecule has 0 saturated heterocycles. The van der Waals surface area contributed by atoms with Crippen molar-refractivity contribution < 1.29 is 13.0 Å². The van der Waals surface area contributed by atoms with E-state index in [1.165, 1.54) is 57.8 Å². The largest absolute Gasteiger partial charge is 0.415 e. The molecule has 0 saturated carbocycles. The molecular weight excluding hydrogens is 332 g/mol. The fraction of sp³-hybridized carbons (Fsp3) is 1.00. The van der Waals surface area contributed by atoms with Crippen LogP contribution in [-0.2, 0) is 13.0 Å². The van der Waals surface area contributed by atoms with Crippen LogP contribution in [0.5, 0.6) is 0 Å². The Morgan fingerprint density at radius 1 is 0.500 bits per heavy atom. The van der Waals surface area contributed by atoms with Gasteiger partial charge in [-0.3, -0.25) is 0 Å². The van der Waals surface area contributed by atoms with Crippen molar-refractivity contribution in [3.63, 3.8) is 0 Å². The van der Waals surface area contributed by atoms with Crippen molar-refractivity contribution in [1.82, 2.24) is 0 Å². The number of hydrogen-bond donors (Lipinski definition) is 0. The molecule has 5 heteroatoms. The first-order chi connectivity index (χ1) is 11.3. The third kappa shape index (κ3) is 15.8. The summed E-state index contributed by atoms with van der Waals surface area (Å²) in [6.07, 6.45) is 14.3. The summed E-state index contributed by atoms with van der Waals surface area (Å²) >= 11 is 0. The summed E-state index contributed by atoms with van der Waals surface area (Å²) in [5.74, 6) is 0. The minimum absolute atomic E-state index is 0.829. The molecule has 0 aliphatic rings. The highest BCUT2D eigenvalue weighted by atomic mass is 28.5. The molecule has 0 atom stereocenters. The Kier molecular flexibility index (Phi) is 14.7. The van der Waals surface area contributed by atoms with Crippen LogP contribution in [0.2, 0.25) is 26.2 Å². The van der Waals surface area contributed by atoms with E-state index in [-0.39, 0.29) is 0 Å². The van der Waals surface area contributed by atoms with Crippen molar-refractivity contribution in [2.45, 2.75) is 111 Å². The maximum absolute atomic E-state index is 6.31. The lowest BCUT2D eigenvalue weighted by Crippen LogP contribution is -2.48. The zero-order valence-electron chi connectivity index (χ0n) is 17.4. The number of rotatable bonds is 17. The fourth-order valence-corrected chi connectivity index (χ4v) is 9.35. The van der Waals surface area contributed by atoms with Gasteiger partial charge in [-0.15, -0.1) is 0 Å². The Bertz CT molecular complexity index is 284. The molecular formula is C19H44O3Si2. The summed E-state index contributed by atoms with van der Waals surface area (Å²) in [5, 5.41) is 0. The van der Waals surface area contributed by atoms with E-state index in [9.17, 15) is 0 Å². The van der Waals surface area contributed by atoms with Gasteiger partial charge in [-0.2, -0.15) is 0 Å². The second kappa shape index (κ2) is 14.5. The molecule has 0 heterocycles. The molecule has 0 radical (unpaired) electrons. The Labute approximate surface area is 154 Å². The summed E-state index contributed by atoms with van der Waals surface area (Å²) < 4.78 is 18.5. The Balaban J connectivity index is 3.72. The molecule has 0 bridgehead atoms. The van der Waals surface area contributed by atoms with Gasteiger partial charge in [-0.1, -0.05) is 71.6 Å². The van der Waals surface area contributed by atoms with Crippen molar-refractivity contribution in [2.75, 3.05) is 13.2 Å². The number of hydrogen-bond acceptors (Lipinski definition) is 3. The molecule has 0 spiro atoms. The summed E-state index contributed by atoms with van der Waals surface area (Å²) in [6.45, 7) is 14.8. The van der Waals surface area contributed by atoms with Crippen LogP contribution in [0, 0.1) is 0 Å². The van der Waals surface area contributed by atoms with Crippen LogP contribution in [0.1, 0.15) is 84.5 Å². The highest BCUT2D eigenvalue weighted by Gasteiger charge is 2.36. The minimum Gasteiger partial charge on any atom is -0.415 e. The second-order valence-electron chi connectivity index (χ2n) is 7.78. The van der Waals surface area contributed by atoms with E-state index >= 15 is 0 Å². The van der Waals surface area contributed by atoms with Crippen molar-refractivity contribution in [3.8, 4) is 0 Å². The molecule has 0 rings (SSSR count). The molecule has 24 heavy (non-hydrogen) atoms. The standard InChI is InChI=1S/C19H44O3Si2/c1-7-9-11-12-13-14-15-17-19-21-24(5,6)22-23(3,4)20-18-16-10-8-2/h7-19H2,1-6H3. The van der Waals surface area contributed by atoms with Gasteiger partial charge in [0.1, 0.15) is 0 Å². The molecule has 146 valence electrons. The van der Waals surface area contributed by atoms with Gasteiger partial charge in [0.15, 0.2) is 0 Å². The molecule has 3 nitrogen and oxygen atoms in total. The van der Waals surface area contributed by atoms with E-state index in [2.05, 4.69) is 40.0 Å². The molecule has 0 unspecified atom stereocenters. The first kappa shape index (κ1) is 24.3. The van der Waals surface area contributed by atoms with Gasteiger partial charge in [0.2, 0.25) is 0 Å². The summed E-state index contributed by atoms with van der Waals surface area (Å²) in [5.41, 5.74) is 0. The monoisotopic (exact) mass is 376 g/mol. The predicted octanol–water partition coefficient (Wildman–Crippen LogP) is 6.77. The van der Waals surface area contributed by atoms with Gasteiger partial charge in [0, 0.05) is 13.2 Å². The van der Waals surface area contributed by atoms with Gasteiger partial charge in [-0.05, 0) is 39.0 Å². The summed E-state index contributed by atoms with van der Waals surface area (Å²) in [4.78, 5) is 0. The first-order valence-electron chi connectivity index (χ1n) is 10.3. The van der Waals surface area contributed by atoms with E-state index in [4.69, 9.17) is 13.0 Å². The van der Waals surface area contributed by atoms with Crippen LogP contribution in [0.4, 0.5) is 0 Å². The van der Waals surface area contributed by atoms with Gasteiger partial charge in [-0.25, -0.2) is 0 Å². The number of unbranched alkanes of at least 4 members (excludes halogenated alkanes) is 9. The minimum atomic E-state index is -2.06. The Morgan fingerprint density at radius 2 is 0.833 bits per heavy atom. The molecule has 0 fully saturated rings. The van der Waals surface area contributed by atoms with Crippen molar-refractivity contribution in [3.05, 3.63) is 0 Å². The molecule has 0 aromatic carbocycles. The lowest BCUT2D eigenvalue weighted by Gasteiger charge is -2.32. The fourth-order valence-electron chi connectivity index (χ4n) is 2.87. The van der Waals surface area contributed by atoms with Crippen LogP contribution in [0.25, 0.3) is 0 Å². The maximum atomic E-state index is 6.31. The van der Waals surface area contributed by atoms with Gasteiger partial charge in [0.25, 0.3) is 0 Å². The maximum Gasteiger partial charge on any atom is 0.322 e. The Morgan fingerprint density at radius 3 is 1.29 bits per heavy atom. The quantitative estimate of drug-likeness (QED) is 0.207. The van der Waals surface area contributed by atoms with E-state index in [1.807, 2.05) is 0 Å². The zero-order valence-corrected chi connectivity index (χ0v) is 19.4. The molecule has 0 aromatic heterocycles. The topological polar surface area (TPSA) is 27.7 Å². The SMILES string of the molecule is CCCCCCCCCCO[Si](C)(C)O[Si](C)(C)OCCCCC.